The minimum Gasteiger partial charge on any atom is -0.472 e. The van der Waals surface area contributed by atoms with Gasteiger partial charge in [-0.1, -0.05) is 6.08 Å². The lowest BCUT2D eigenvalue weighted by Gasteiger charge is -2.31. The Bertz CT molecular complexity index is 357. The summed E-state index contributed by atoms with van der Waals surface area (Å²) < 4.78 is 9.65. The van der Waals surface area contributed by atoms with Gasteiger partial charge in [-0.2, -0.15) is 0 Å². The highest BCUT2D eigenvalue weighted by atomic mass is 16.6. The number of hydrogen-bond donors (Lipinski definition) is 2. The third-order valence-electron chi connectivity index (χ3n) is 3.14. The summed E-state index contributed by atoms with van der Waals surface area (Å²) in [5, 5.41) is 18.8. The van der Waals surface area contributed by atoms with Gasteiger partial charge in [0.15, 0.2) is 0 Å². The van der Waals surface area contributed by atoms with Crippen LogP contribution in [0.2, 0.25) is 0 Å². The van der Waals surface area contributed by atoms with Crippen molar-refractivity contribution in [3.8, 4) is 0 Å². The molecule has 16 heavy (non-hydrogen) atoms. The van der Waals surface area contributed by atoms with Gasteiger partial charge >= 0.3 is 5.97 Å². The molecule has 0 amide bonds. The third kappa shape index (κ3) is 1.62. The summed E-state index contributed by atoms with van der Waals surface area (Å²) in [4.78, 5) is 11.5. The molecule has 0 spiro atoms. The molecule has 88 valence electrons. The van der Waals surface area contributed by atoms with Crippen molar-refractivity contribution in [3.63, 3.8) is 0 Å². The van der Waals surface area contributed by atoms with Crippen molar-refractivity contribution in [2.75, 3.05) is 13.7 Å². The minimum atomic E-state index is -1.00. The lowest BCUT2D eigenvalue weighted by atomic mass is 9.83. The molecule has 2 N–H and O–H groups in total. The summed E-state index contributed by atoms with van der Waals surface area (Å²) in [6.45, 7) is -0.129. The van der Waals surface area contributed by atoms with Crippen molar-refractivity contribution in [3.05, 3.63) is 23.5 Å². The van der Waals surface area contributed by atoms with Gasteiger partial charge in [0.05, 0.1) is 31.5 Å². The predicted molar refractivity (Wildman–Crippen MR) is 54.0 cm³/mol. The number of aliphatic hydroxyl groups is 2. The maximum Gasteiger partial charge on any atom is 0.337 e. The van der Waals surface area contributed by atoms with E-state index in [9.17, 15) is 9.90 Å². The first-order valence-electron chi connectivity index (χ1n) is 5.10. The van der Waals surface area contributed by atoms with Crippen LogP contribution in [0.5, 0.6) is 0 Å². The van der Waals surface area contributed by atoms with Gasteiger partial charge in [0, 0.05) is 5.92 Å². The summed E-state index contributed by atoms with van der Waals surface area (Å²) in [6.07, 6.45) is 2.71. The number of aliphatic hydroxyl groups excluding tert-OH is 2. The molecule has 0 bridgehead atoms. The van der Waals surface area contributed by atoms with Crippen LogP contribution in [0.3, 0.4) is 0 Å². The van der Waals surface area contributed by atoms with Crippen LogP contribution in [0, 0.1) is 11.8 Å². The quantitative estimate of drug-likeness (QED) is 0.510. The van der Waals surface area contributed by atoms with Gasteiger partial charge < -0.3 is 19.7 Å². The lowest BCUT2D eigenvalue weighted by Crippen LogP contribution is -2.35. The molecular formula is C11H14O5. The molecule has 0 saturated carbocycles. The SMILES string of the molecule is COC(=O)C1=CO[C@H](O)[C@H]2C(CO)=CC[C@@H]12. The van der Waals surface area contributed by atoms with Crippen LogP contribution in [0.4, 0.5) is 0 Å². The molecule has 0 aromatic rings. The molecule has 2 aliphatic rings. The lowest BCUT2D eigenvalue weighted by molar-refractivity contribution is -0.141. The zero-order valence-electron chi connectivity index (χ0n) is 8.92. The highest BCUT2D eigenvalue weighted by molar-refractivity contribution is 5.89. The molecule has 0 aromatic heterocycles. The molecule has 0 fully saturated rings. The summed E-state index contributed by atoms with van der Waals surface area (Å²) in [5.74, 6) is -0.947. The molecule has 3 atom stereocenters. The Kier molecular flexibility index (Phi) is 2.98. The van der Waals surface area contributed by atoms with Crippen LogP contribution >= 0.6 is 0 Å². The number of methoxy groups -OCH3 is 1. The average Bonchev–Trinajstić information content (AvgIpc) is 2.73. The smallest absolute Gasteiger partial charge is 0.337 e. The third-order valence-corrected chi connectivity index (χ3v) is 3.14. The fourth-order valence-corrected chi connectivity index (χ4v) is 2.32. The van der Waals surface area contributed by atoms with E-state index in [1.807, 2.05) is 6.08 Å². The van der Waals surface area contributed by atoms with Crippen LogP contribution in [0.25, 0.3) is 0 Å². The molecule has 1 aliphatic heterocycles. The Morgan fingerprint density at radius 2 is 2.44 bits per heavy atom. The Labute approximate surface area is 93.0 Å². The van der Waals surface area contributed by atoms with Gasteiger partial charge in [-0.3, -0.25) is 0 Å². The fraction of sp³-hybridized carbons (Fsp3) is 0.545. The van der Waals surface area contributed by atoms with E-state index in [2.05, 4.69) is 4.74 Å². The highest BCUT2D eigenvalue weighted by Crippen LogP contribution is 2.42. The van der Waals surface area contributed by atoms with Crippen LogP contribution in [-0.2, 0) is 14.3 Å². The fourth-order valence-electron chi connectivity index (χ4n) is 2.32. The van der Waals surface area contributed by atoms with Gasteiger partial charge in [0.25, 0.3) is 0 Å². The normalized spacial score (nSPS) is 32.3. The number of rotatable bonds is 2. The van der Waals surface area contributed by atoms with Gasteiger partial charge in [-0.05, 0) is 12.0 Å². The summed E-state index contributed by atoms with van der Waals surface area (Å²) in [5.41, 5.74) is 1.13. The second-order valence-corrected chi connectivity index (χ2v) is 3.90. The van der Waals surface area contributed by atoms with E-state index in [4.69, 9.17) is 9.84 Å². The Morgan fingerprint density at radius 1 is 1.69 bits per heavy atom. The molecule has 0 radical (unpaired) electrons. The van der Waals surface area contributed by atoms with Crippen molar-refractivity contribution < 1.29 is 24.5 Å². The van der Waals surface area contributed by atoms with Gasteiger partial charge in [-0.15, -0.1) is 0 Å². The molecule has 0 unspecified atom stereocenters. The molecule has 5 heteroatoms. The first-order chi connectivity index (χ1) is 7.69. The van der Waals surface area contributed by atoms with Crippen LogP contribution in [-0.4, -0.2) is 36.2 Å². The Balaban J connectivity index is 2.26. The van der Waals surface area contributed by atoms with Crippen molar-refractivity contribution in [1.29, 1.82) is 0 Å². The van der Waals surface area contributed by atoms with E-state index in [1.165, 1.54) is 13.4 Å². The second kappa shape index (κ2) is 4.27. The van der Waals surface area contributed by atoms with Gasteiger partial charge in [0.1, 0.15) is 0 Å². The highest BCUT2D eigenvalue weighted by Gasteiger charge is 2.43. The standard InChI is InChI=1S/C11H14O5/c1-15-10(13)8-5-16-11(14)9-6(4-12)2-3-7(8)9/h2,5,7,9,11-12,14H,3-4H2,1H3/t7-,9-,11-/m0/s1. The van der Waals surface area contributed by atoms with E-state index in [-0.39, 0.29) is 18.4 Å². The largest absolute Gasteiger partial charge is 0.472 e. The zero-order chi connectivity index (χ0) is 11.7. The number of carbonyl (C=O) groups excluding carboxylic acids is 1. The maximum absolute atomic E-state index is 11.5. The average molecular weight is 226 g/mol. The molecule has 2 rings (SSSR count). The first-order valence-corrected chi connectivity index (χ1v) is 5.10. The van der Waals surface area contributed by atoms with Crippen molar-refractivity contribution in [1.82, 2.24) is 0 Å². The molecule has 0 saturated heterocycles. The van der Waals surface area contributed by atoms with Crippen LogP contribution in [0.15, 0.2) is 23.5 Å². The van der Waals surface area contributed by atoms with Gasteiger partial charge in [0.2, 0.25) is 6.29 Å². The Hall–Kier alpha value is -1.33. The number of ether oxygens (including phenoxy) is 2. The van der Waals surface area contributed by atoms with Crippen LogP contribution < -0.4 is 0 Å². The molecule has 5 nitrogen and oxygen atoms in total. The topological polar surface area (TPSA) is 76.0 Å². The van der Waals surface area contributed by atoms with Crippen molar-refractivity contribution in [2.24, 2.45) is 11.8 Å². The van der Waals surface area contributed by atoms with Crippen LogP contribution in [0.1, 0.15) is 6.42 Å². The molecule has 0 aromatic carbocycles. The number of allylic oxidation sites excluding steroid dienone is 1. The summed E-state index contributed by atoms with van der Waals surface area (Å²) in [7, 11) is 1.30. The Morgan fingerprint density at radius 3 is 3.06 bits per heavy atom. The maximum atomic E-state index is 11.5. The minimum absolute atomic E-state index is 0.129. The van der Waals surface area contributed by atoms with E-state index >= 15 is 0 Å². The van der Waals surface area contributed by atoms with E-state index in [0.29, 0.717) is 17.6 Å². The monoisotopic (exact) mass is 226 g/mol. The van der Waals surface area contributed by atoms with Crippen molar-refractivity contribution >= 4 is 5.97 Å². The van der Waals surface area contributed by atoms with E-state index < -0.39 is 12.3 Å². The van der Waals surface area contributed by atoms with E-state index in [1.54, 1.807) is 0 Å². The molecule has 1 aliphatic carbocycles. The summed E-state index contributed by atoms with van der Waals surface area (Å²) >= 11 is 0. The number of esters is 1. The molecule has 1 heterocycles. The summed E-state index contributed by atoms with van der Waals surface area (Å²) in [6, 6.07) is 0. The zero-order valence-corrected chi connectivity index (χ0v) is 8.92. The number of carbonyl (C=O) groups is 1. The number of hydrogen-bond acceptors (Lipinski definition) is 5. The van der Waals surface area contributed by atoms with Crippen molar-refractivity contribution in [2.45, 2.75) is 12.7 Å². The van der Waals surface area contributed by atoms with E-state index in [0.717, 1.165) is 0 Å². The predicted octanol–water partition coefficient (Wildman–Crippen LogP) is -0.0533. The molecular weight excluding hydrogens is 212 g/mol. The second-order valence-electron chi connectivity index (χ2n) is 3.90. The number of fused-ring (bicyclic) bond motifs is 1. The van der Waals surface area contributed by atoms with Gasteiger partial charge in [-0.25, -0.2) is 4.79 Å². The first kappa shape index (κ1) is 11.2.